The van der Waals surface area contributed by atoms with Gasteiger partial charge in [-0.25, -0.2) is 0 Å². The number of carbonyl (C=O) groups is 2. The highest BCUT2D eigenvalue weighted by atomic mass is 16.5. The lowest BCUT2D eigenvalue weighted by molar-refractivity contribution is -0.119. The molecule has 0 saturated heterocycles. The molecule has 4 rings (SSSR count). The number of nitrogens with zero attached hydrogens (tertiary/aromatic N) is 1. The Hall–Kier alpha value is -3.08. The molecule has 30 heavy (non-hydrogen) atoms. The number of allylic oxidation sites excluding steroid dienone is 2. The highest BCUT2D eigenvalue weighted by molar-refractivity contribution is 6.07. The van der Waals surface area contributed by atoms with E-state index in [1.807, 2.05) is 47.4 Å². The topological polar surface area (TPSA) is 55.8 Å². The summed E-state index contributed by atoms with van der Waals surface area (Å²) >= 11 is 0. The molecule has 1 heterocycles. The van der Waals surface area contributed by atoms with Gasteiger partial charge in [0.2, 0.25) is 5.91 Å². The fraction of sp³-hybridized carbons (Fsp3) is 0.360. The zero-order valence-corrected chi connectivity index (χ0v) is 17.7. The maximum Gasteiger partial charge on any atom is 0.232 e. The van der Waals surface area contributed by atoms with Gasteiger partial charge in [-0.15, -0.1) is 0 Å². The number of aryl methyl sites for hydroxylation is 1. The second-order valence-electron chi connectivity index (χ2n) is 7.72. The van der Waals surface area contributed by atoms with E-state index in [2.05, 4.69) is 6.92 Å². The van der Waals surface area contributed by atoms with Gasteiger partial charge in [-0.3, -0.25) is 14.5 Å². The maximum absolute atomic E-state index is 13.4. The lowest BCUT2D eigenvalue weighted by Crippen LogP contribution is -2.41. The molecule has 5 heteroatoms. The average Bonchev–Trinajstić information content (AvgIpc) is 2.78. The van der Waals surface area contributed by atoms with Crippen LogP contribution in [0.2, 0.25) is 0 Å². The lowest BCUT2D eigenvalue weighted by Gasteiger charge is -2.39. The number of ketones is 1. The molecule has 0 saturated carbocycles. The smallest absolute Gasteiger partial charge is 0.232 e. The van der Waals surface area contributed by atoms with E-state index in [-0.39, 0.29) is 24.0 Å². The van der Waals surface area contributed by atoms with Crippen molar-refractivity contribution in [3.63, 3.8) is 0 Å². The van der Waals surface area contributed by atoms with E-state index < -0.39 is 0 Å². The Morgan fingerprint density at radius 3 is 2.50 bits per heavy atom. The number of benzene rings is 2. The zero-order chi connectivity index (χ0) is 21.3. The first-order valence-corrected chi connectivity index (χ1v) is 10.5. The average molecular weight is 405 g/mol. The molecule has 1 unspecified atom stereocenters. The van der Waals surface area contributed by atoms with Gasteiger partial charge in [0.1, 0.15) is 0 Å². The van der Waals surface area contributed by atoms with Crippen LogP contribution in [0.4, 0.5) is 5.69 Å². The van der Waals surface area contributed by atoms with Crippen molar-refractivity contribution in [2.75, 3.05) is 19.1 Å². The molecule has 1 amide bonds. The summed E-state index contributed by atoms with van der Waals surface area (Å²) in [6.45, 7) is 2.08. The maximum atomic E-state index is 13.4. The van der Waals surface area contributed by atoms with Crippen molar-refractivity contribution < 1.29 is 19.1 Å². The summed E-state index contributed by atoms with van der Waals surface area (Å²) in [5.41, 5.74) is 4.56. The van der Waals surface area contributed by atoms with Crippen LogP contribution in [0.15, 0.2) is 53.7 Å². The van der Waals surface area contributed by atoms with Gasteiger partial charge in [-0.2, -0.15) is 0 Å². The molecule has 1 aliphatic carbocycles. The number of anilines is 1. The zero-order valence-electron chi connectivity index (χ0n) is 17.7. The number of para-hydroxylation sites is 1. The molecule has 156 valence electrons. The van der Waals surface area contributed by atoms with E-state index in [4.69, 9.17) is 9.47 Å². The van der Waals surface area contributed by atoms with E-state index in [0.29, 0.717) is 17.9 Å². The summed E-state index contributed by atoms with van der Waals surface area (Å²) in [7, 11) is 3.18. The van der Waals surface area contributed by atoms with E-state index in [1.165, 1.54) is 0 Å². The first kappa shape index (κ1) is 20.2. The van der Waals surface area contributed by atoms with Crippen LogP contribution >= 0.6 is 0 Å². The Labute approximate surface area is 177 Å². The quantitative estimate of drug-likeness (QED) is 0.717. The fourth-order valence-corrected chi connectivity index (χ4v) is 4.65. The number of rotatable bonds is 5. The molecule has 0 fully saturated rings. The number of hydrogen-bond donors (Lipinski definition) is 0. The van der Waals surface area contributed by atoms with E-state index in [0.717, 1.165) is 47.3 Å². The first-order valence-electron chi connectivity index (χ1n) is 10.5. The minimum Gasteiger partial charge on any atom is -0.493 e. The van der Waals surface area contributed by atoms with Gasteiger partial charge < -0.3 is 9.47 Å². The van der Waals surface area contributed by atoms with Crippen molar-refractivity contribution in [2.24, 2.45) is 0 Å². The summed E-state index contributed by atoms with van der Waals surface area (Å²) in [6.07, 6.45) is 3.12. The van der Waals surface area contributed by atoms with Crippen molar-refractivity contribution in [1.82, 2.24) is 0 Å². The molecule has 1 aliphatic heterocycles. The number of hydrogen-bond acceptors (Lipinski definition) is 4. The predicted molar refractivity (Wildman–Crippen MR) is 116 cm³/mol. The highest BCUT2D eigenvalue weighted by Gasteiger charge is 2.40. The number of carbonyl (C=O) groups excluding carboxylic acids is 2. The molecule has 1 atom stereocenters. The predicted octanol–water partition coefficient (Wildman–Crippen LogP) is 4.79. The van der Waals surface area contributed by atoms with Crippen LogP contribution < -0.4 is 14.4 Å². The normalized spacial score (nSPS) is 19.0. The second-order valence-corrected chi connectivity index (χ2v) is 7.72. The minimum atomic E-state index is -0.259. The minimum absolute atomic E-state index is 0.0316. The van der Waals surface area contributed by atoms with E-state index in [1.54, 1.807) is 14.2 Å². The number of ether oxygens (including phenoxy) is 2. The van der Waals surface area contributed by atoms with Crippen molar-refractivity contribution in [3.8, 4) is 11.5 Å². The number of Topliss-reactive ketones (excluding diaryl/α,β-unsaturated/α-hetero) is 1. The Balaban J connectivity index is 1.86. The molecule has 0 radical (unpaired) electrons. The van der Waals surface area contributed by atoms with Gasteiger partial charge in [0.15, 0.2) is 17.3 Å². The molecular weight excluding hydrogens is 378 g/mol. The molecular formula is C25H27NO4. The van der Waals surface area contributed by atoms with E-state index >= 15 is 0 Å². The summed E-state index contributed by atoms with van der Waals surface area (Å²) in [5, 5.41) is 0. The van der Waals surface area contributed by atoms with Crippen molar-refractivity contribution in [2.45, 2.75) is 44.9 Å². The lowest BCUT2D eigenvalue weighted by atomic mass is 9.77. The number of amides is 1. The Morgan fingerprint density at radius 1 is 1.00 bits per heavy atom. The summed E-state index contributed by atoms with van der Waals surface area (Å²) in [4.78, 5) is 28.3. The summed E-state index contributed by atoms with van der Waals surface area (Å²) in [6, 6.07) is 13.6. The third-order valence-corrected chi connectivity index (χ3v) is 6.10. The van der Waals surface area contributed by atoms with Crippen LogP contribution in [0, 0.1) is 0 Å². The van der Waals surface area contributed by atoms with Gasteiger partial charge in [0, 0.05) is 30.0 Å². The fourth-order valence-electron chi connectivity index (χ4n) is 4.65. The molecule has 5 nitrogen and oxygen atoms in total. The third-order valence-electron chi connectivity index (χ3n) is 6.10. The first-order chi connectivity index (χ1) is 14.6. The van der Waals surface area contributed by atoms with Crippen molar-refractivity contribution in [1.29, 1.82) is 0 Å². The Morgan fingerprint density at radius 2 is 1.77 bits per heavy atom. The van der Waals surface area contributed by atoms with Gasteiger partial charge in [-0.1, -0.05) is 31.2 Å². The van der Waals surface area contributed by atoms with Crippen molar-refractivity contribution >= 4 is 17.4 Å². The second kappa shape index (κ2) is 8.34. The standard InChI is InChI=1S/C25H27NO4/c1-4-16-8-5-6-9-19(16)26-20-10-7-11-21(27)25(20)18(15-24(26)28)17-12-13-22(29-2)23(14-17)30-3/h5-6,8-9,12-14,18H,4,7,10-11,15H2,1-3H3. The van der Waals surface area contributed by atoms with Crippen LogP contribution in [0.3, 0.4) is 0 Å². The van der Waals surface area contributed by atoms with Crippen LogP contribution in [-0.2, 0) is 16.0 Å². The van der Waals surface area contributed by atoms with Crippen LogP contribution in [0.25, 0.3) is 0 Å². The van der Waals surface area contributed by atoms with Crippen LogP contribution in [0.5, 0.6) is 11.5 Å². The van der Waals surface area contributed by atoms with Crippen LogP contribution in [0.1, 0.15) is 49.7 Å². The molecule has 2 aliphatic rings. The molecule has 0 aromatic heterocycles. The SMILES string of the molecule is CCc1ccccc1N1C(=O)CC(c2ccc(OC)c(OC)c2)C2=C1CCCC2=O. The monoisotopic (exact) mass is 405 g/mol. The Kier molecular flexibility index (Phi) is 5.62. The third kappa shape index (κ3) is 3.38. The highest BCUT2D eigenvalue weighted by Crippen LogP contribution is 2.45. The van der Waals surface area contributed by atoms with Gasteiger partial charge in [0.25, 0.3) is 0 Å². The van der Waals surface area contributed by atoms with Gasteiger partial charge in [-0.05, 0) is 48.6 Å². The largest absolute Gasteiger partial charge is 0.493 e. The Bertz CT molecular complexity index is 1020. The summed E-state index contributed by atoms with van der Waals surface area (Å²) < 4.78 is 10.8. The molecule has 0 N–H and O–H groups in total. The molecule has 0 spiro atoms. The van der Waals surface area contributed by atoms with Gasteiger partial charge >= 0.3 is 0 Å². The number of methoxy groups -OCH3 is 2. The molecule has 0 bridgehead atoms. The summed E-state index contributed by atoms with van der Waals surface area (Å²) in [5.74, 6) is 1.15. The molecule has 2 aromatic carbocycles. The molecule has 2 aromatic rings. The van der Waals surface area contributed by atoms with E-state index in [9.17, 15) is 9.59 Å². The van der Waals surface area contributed by atoms with Crippen LogP contribution in [-0.4, -0.2) is 25.9 Å². The van der Waals surface area contributed by atoms with Crippen molar-refractivity contribution in [3.05, 3.63) is 64.9 Å². The van der Waals surface area contributed by atoms with Gasteiger partial charge in [0.05, 0.1) is 19.9 Å².